The molecule has 0 aliphatic carbocycles. The predicted molar refractivity (Wildman–Crippen MR) is 88.7 cm³/mol. The third-order valence-corrected chi connectivity index (χ3v) is 4.02. The van der Waals surface area contributed by atoms with Gasteiger partial charge in [0.2, 0.25) is 11.2 Å². The van der Waals surface area contributed by atoms with Crippen LogP contribution < -0.4 is 10.2 Å². The van der Waals surface area contributed by atoms with Gasteiger partial charge in [-0.25, -0.2) is 0 Å². The maximum Gasteiger partial charge on any atom is 0.204 e. The third-order valence-electron chi connectivity index (χ3n) is 4.02. The van der Waals surface area contributed by atoms with E-state index < -0.39 is 11.0 Å². The van der Waals surface area contributed by atoms with Crippen LogP contribution in [0.1, 0.15) is 19.4 Å². The molecule has 0 atom stereocenters. The molecule has 3 aromatic rings. The minimum Gasteiger partial charge on any atom is -0.508 e. The van der Waals surface area contributed by atoms with Crippen LogP contribution in [0.25, 0.3) is 28.0 Å². The molecule has 0 bridgehead atoms. The Morgan fingerprint density at radius 2 is 1.83 bits per heavy atom. The van der Waals surface area contributed by atoms with E-state index in [1.165, 1.54) is 6.07 Å². The SMILES string of the molecule is CC1(C)C=Cc2cc3c(=O)c4c(O)cc(O)cc4oc3c(O)c2O1. The number of rotatable bonds is 0. The van der Waals surface area contributed by atoms with Crippen LogP contribution in [0.4, 0.5) is 0 Å². The molecule has 0 saturated heterocycles. The van der Waals surface area contributed by atoms with Crippen LogP contribution in [0.2, 0.25) is 0 Å². The standard InChI is InChI=1S/C18H14O6/c1-18(2)4-3-8-5-10-14(21)13-11(20)6-9(19)7-12(13)23-17(10)15(22)16(8)24-18/h3-7,19-20,22H,1-2H3. The van der Waals surface area contributed by atoms with Crippen LogP contribution in [-0.4, -0.2) is 20.9 Å². The molecule has 0 unspecified atom stereocenters. The maximum atomic E-state index is 12.7. The summed E-state index contributed by atoms with van der Waals surface area (Å²) in [6, 6.07) is 3.82. The molecular formula is C18H14O6. The third kappa shape index (κ3) is 1.93. The van der Waals surface area contributed by atoms with Gasteiger partial charge in [-0.1, -0.05) is 6.08 Å². The van der Waals surface area contributed by atoms with Crippen molar-refractivity contribution in [3.63, 3.8) is 0 Å². The van der Waals surface area contributed by atoms with Gasteiger partial charge in [0.15, 0.2) is 11.3 Å². The molecule has 0 spiro atoms. The Hall–Kier alpha value is -3.15. The highest BCUT2D eigenvalue weighted by atomic mass is 16.5. The van der Waals surface area contributed by atoms with Crippen molar-refractivity contribution in [1.29, 1.82) is 0 Å². The lowest BCUT2D eigenvalue weighted by atomic mass is 9.99. The summed E-state index contributed by atoms with van der Waals surface area (Å²) in [5.41, 5.74) is -0.635. The number of phenols is 3. The van der Waals surface area contributed by atoms with E-state index >= 15 is 0 Å². The van der Waals surface area contributed by atoms with E-state index in [9.17, 15) is 20.1 Å². The summed E-state index contributed by atoms with van der Waals surface area (Å²) in [6.45, 7) is 3.67. The van der Waals surface area contributed by atoms with E-state index in [2.05, 4.69) is 0 Å². The summed E-state index contributed by atoms with van der Waals surface area (Å²) in [6.07, 6.45) is 3.58. The lowest BCUT2D eigenvalue weighted by Crippen LogP contribution is -2.27. The highest BCUT2D eigenvalue weighted by molar-refractivity contribution is 5.98. The molecule has 0 amide bonds. The fraction of sp³-hybridized carbons (Fsp3) is 0.167. The van der Waals surface area contributed by atoms with Crippen LogP contribution in [0.5, 0.6) is 23.0 Å². The van der Waals surface area contributed by atoms with E-state index in [0.717, 1.165) is 6.07 Å². The molecule has 122 valence electrons. The van der Waals surface area contributed by atoms with Gasteiger partial charge in [-0.15, -0.1) is 0 Å². The summed E-state index contributed by atoms with van der Waals surface area (Å²) < 4.78 is 11.3. The molecule has 0 fully saturated rings. The second-order valence-corrected chi connectivity index (χ2v) is 6.33. The van der Waals surface area contributed by atoms with Crippen molar-refractivity contribution >= 4 is 28.0 Å². The summed E-state index contributed by atoms with van der Waals surface area (Å²) in [4.78, 5) is 12.7. The zero-order chi connectivity index (χ0) is 17.2. The van der Waals surface area contributed by atoms with E-state index in [4.69, 9.17) is 9.15 Å². The Labute approximate surface area is 135 Å². The normalized spacial score (nSPS) is 15.4. The number of aromatic hydroxyl groups is 3. The number of benzene rings is 2. The first kappa shape index (κ1) is 14.4. The van der Waals surface area contributed by atoms with Gasteiger partial charge in [0.1, 0.15) is 28.1 Å². The average molecular weight is 326 g/mol. The topological polar surface area (TPSA) is 100 Å². The largest absolute Gasteiger partial charge is 0.508 e. The Bertz CT molecular complexity index is 1100. The van der Waals surface area contributed by atoms with Crippen molar-refractivity contribution in [2.75, 3.05) is 0 Å². The van der Waals surface area contributed by atoms with Crippen LogP contribution in [0.15, 0.2) is 33.5 Å². The van der Waals surface area contributed by atoms with E-state index in [-0.39, 0.29) is 44.9 Å². The molecule has 0 saturated carbocycles. The smallest absolute Gasteiger partial charge is 0.204 e. The quantitative estimate of drug-likeness (QED) is 0.548. The molecule has 1 aromatic heterocycles. The van der Waals surface area contributed by atoms with Gasteiger partial charge in [-0.3, -0.25) is 4.79 Å². The van der Waals surface area contributed by atoms with Gasteiger partial charge >= 0.3 is 0 Å². The van der Waals surface area contributed by atoms with Gasteiger partial charge in [0.05, 0.1) is 5.39 Å². The number of ether oxygens (including phenoxy) is 1. The van der Waals surface area contributed by atoms with Gasteiger partial charge in [-0.05, 0) is 26.0 Å². The minimum absolute atomic E-state index is 0.0224. The monoisotopic (exact) mass is 326 g/mol. The molecule has 4 rings (SSSR count). The zero-order valence-corrected chi connectivity index (χ0v) is 13.0. The molecule has 2 aromatic carbocycles. The van der Waals surface area contributed by atoms with Crippen molar-refractivity contribution in [3.8, 4) is 23.0 Å². The molecule has 1 aliphatic rings. The van der Waals surface area contributed by atoms with Gasteiger partial charge in [-0.2, -0.15) is 0 Å². The molecule has 1 aliphatic heterocycles. The minimum atomic E-state index is -0.605. The zero-order valence-electron chi connectivity index (χ0n) is 13.0. The van der Waals surface area contributed by atoms with Gasteiger partial charge in [0.25, 0.3) is 0 Å². The van der Waals surface area contributed by atoms with Gasteiger partial charge in [0, 0.05) is 17.7 Å². The fourth-order valence-electron chi connectivity index (χ4n) is 2.88. The molecule has 0 radical (unpaired) electrons. The van der Waals surface area contributed by atoms with Gasteiger partial charge < -0.3 is 24.5 Å². The first-order valence-corrected chi connectivity index (χ1v) is 7.33. The van der Waals surface area contributed by atoms with Crippen LogP contribution in [0, 0.1) is 0 Å². The lowest BCUT2D eigenvalue weighted by molar-refractivity contribution is 0.153. The second-order valence-electron chi connectivity index (χ2n) is 6.33. The Kier molecular flexibility index (Phi) is 2.67. The summed E-state index contributed by atoms with van der Waals surface area (Å²) >= 11 is 0. The molecule has 3 N–H and O–H groups in total. The molecule has 6 nitrogen and oxygen atoms in total. The molecular weight excluding hydrogens is 312 g/mol. The summed E-state index contributed by atoms with van der Waals surface area (Å²) in [7, 11) is 0. The Morgan fingerprint density at radius 1 is 1.08 bits per heavy atom. The lowest BCUT2D eigenvalue weighted by Gasteiger charge is -2.28. The Morgan fingerprint density at radius 3 is 2.58 bits per heavy atom. The van der Waals surface area contributed by atoms with Crippen molar-refractivity contribution in [2.24, 2.45) is 0 Å². The number of phenolic OH excluding ortho intramolecular Hbond substituents is 3. The van der Waals surface area contributed by atoms with Crippen LogP contribution in [-0.2, 0) is 0 Å². The average Bonchev–Trinajstić information content (AvgIpc) is 2.48. The number of hydrogen-bond donors (Lipinski definition) is 3. The van der Waals surface area contributed by atoms with Crippen molar-refractivity contribution in [2.45, 2.75) is 19.4 Å². The Balaban J connectivity index is 2.17. The van der Waals surface area contributed by atoms with Crippen molar-refractivity contribution < 1.29 is 24.5 Å². The first-order chi connectivity index (χ1) is 11.3. The summed E-state index contributed by atoms with van der Waals surface area (Å²) in [5.74, 6) is -0.699. The molecule has 6 heteroatoms. The van der Waals surface area contributed by atoms with E-state index in [1.54, 1.807) is 12.1 Å². The first-order valence-electron chi connectivity index (χ1n) is 7.33. The summed E-state index contributed by atoms with van der Waals surface area (Å²) in [5, 5.41) is 30.1. The van der Waals surface area contributed by atoms with Crippen molar-refractivity contribution in [3.05, 3.63) is 40.1 Å². The highest BCUT2D eigenvalue weighted by Crippen LogP contribution is 2.43. The molecule has 2 heterocycles. The van der Waals surface area contributed by atoms with E-state index in [1.807, 2.05) is 19.9 Å². The molecule has 24 heavy (non-hydrogen) atoms. The fourth-order valence-corrected chi connectivity index (χ4v) is 2.88. The van der Waals surface area contributed by atoms with Crippen LogP contribution >= 0.6 is 0 Å². The second kappa shape index (κ2) is 4.44. The van der Waals surface area contributed by atoms with Crippen molar-refractivity contribution in [1.82, 2.24) is 0 Å². The van der Waals surface area contributed by atoms with E-state index in [0.29, 0.717) is 5.56 Å². The highest BCUT2D eigenvalue weighted by Gasteiger charge is 2.27. The van der Waals surface area contributed by atoms with Crippen LogP contribution in [0.3, 0.4) is 0 Å². The predicted octanol–water partition coefficient (Wildman–Crippen LogP) is 3.25. The number of fused-ring (bicyclic) bond motifs is 3. The maximum absolute atomic E-state index is 12.7. The number of hydrogen-bond acceptors (Lipinski definition) is 6.